The number of Topliss-reactive ketones (excluding diaryl/α,β-unsaturated/α-hetero) is 4. The van der Waals surface area contributed by atoms with Crippen molar-refractivity contribution in [2.75, 3.05) is 0 Å². The maximum absolute atomic E-state index is 13.0. The van der Waals surface area contributed by atoms with Gasteiger partial charge >= 0.3 is 0 Å². The quantitative estimate of drug-likeness (QED) is 0.278. The summed E-state index contributed by atoms with van der Waals surface area (Å²) in [5.74, 6) is 0.777. The Morgan fingerprint density at radius 1 is 1.15 bits per heavy atom. The van der Waals surface area contributed by atoms with Gasteiger partial charge in [-0.05, 0) is 62.4 Å². The molecule has 0 fully saturated rings. The molecule has 0 spiro atoms. The number of rotatable bonds is 12. The topological polar surface area (TPSA) is 68.3 Å². The lowest BCUT2D eigenvalue weighted by Gasteiger charge is -2.29. The fourth-order valence-electron chi connectivity index (χ4n) is 5.37. The van der Waals surface area contributed by atoms with E-state index < -0.39 is 0 Å². The molecule has 3 atom stereocenters. The third-order valence-electron chi connectivity index (χ3n) is 6.84. The molecule has 0 aromatic rings. The van der Waals surface area contributed by atoms with Crippen LogP contribution in [-0.2, 0) is 19.2 Å². The normalized spacial score (nSPS) is 22.7. The highest BCUT2D eigenvalue weighted by Gasteiger charge is 2.30. The highest BCUT2D eigenvalue weighted by Crippen LogP contribution is 2.34. The van der Waals surface area contributed by atoms with Gasteiger partial charge in [-0.15, -0.1) is 0 Å². The number of ketones is 4. The molecule has 0 N–H and O–H groups in total. The Bertz CT molecular complexity index is 778. The van der Waals surface area contributed by atoms with E-state index in [9.17, 15) is 19.2 Å². The van der Waals surface area contributed by atoms with Gasteiger partial charge in [-0.3, -0.25) is 19.2 Å². The third kappa shape index (κ3) is 11.5. The summed E-state index contributed by atoms with van der Waals surface area (Å²) in [6, 6.07) is 0. The van der Waals surface area contributed by atoms with Gasteiger partial charge in [0.25, 0.3) is 0 Å². The molecule has 0 saturated heterocycles. The molecule has 0 heterocycles. The number of carbonyl (C=O) groups excluding carboxylic acids is 4. The van der Waals surface area contributed by atoms with Crippen LogP contribution in [0.3, 0.4) is 0 Å². The minimum absolute atomic E-state index is 0.0196. The Labute approximate surface area is 208 Å². The highest BCUT2D eigenvalue weighted by atomic mass is 16.1. The van der Waals surface area contributed by atoms with Crippen LogP contribution in [0.1, 0.15) is 119 Å². The maximum atomic E-state index is 13.0. The molecule has 0 amide bonds. The number of allylic oxidation sites excluding steroid dienone is 4. The smallest absolute Gasteiger partial charge is 0.143 e. The second-order valence-corrected chi connectivity index (χ2v) is 11.7. The van der Waals surface area contributed by atoms with Crippen LogP contribution in [0.5, 0.6) is 0 Å². The second kappa shape index (κ2) is 14.5. The first-order valence-electron chi connectivity index (χ1n) is 13.3. The van der Waals surface area contributed by atoms with Crippen molar-refractivity contribution in [2.45, 2.75) is 119 Å². The summed E-state index contributed by atoms with van der Waals surface area (Å²) < 4.78 is 0. The first kappa shape index (κ1) is 30.2. The average molecular weight is 473 g/mol. The number of hydrogen-bond donors (Lipinski definition) is 0. The van der Waals surface area contributed by atoms with Gasteiger partial charge in [0.05, 0.1) is 6.42 Å². The van der Waals surface area contributed by atoms with Crippen molar-refractivity contribution in [1.29, 1.82) is 0 Å². The van der Waals surface area contributed by atoms with Gasteiger partial charge in [0.1, 0.15) is 23.1 Å². The van der Waals surface area contributed by atoms with Gasteiger partial charge in [0.15, 0.2) is 0 Å². The van der Waals surface area contributed by atoms with Crippen molar-refractivity contribution in [2.24, 2.45) is 23.2 Å². The van der Waals surface area contributed by atoms with Gasteiger partial charge in [-0.2, -0.15) is 0 Å². The monoisotopic (exact) mass is 472 g/mol. The largest absolute Gasteiger partial charge is 0.300 e. The van der Waals surface area contributed by atoms with Crippen LogP contribution in [0.4, 0.5) is 0 Å². The van der Waals surface area contributed by atoms with Crippen molar-refractivity contribution in [3.05, 3.63) is 23.3 Å². The summed E-state index contributed by atoms with van der Waals surface area (Å²) in [6.07, 6.45) is 11.4. The zero-order valence-corrected chi connectivity index (χ0v) is 22.8. The molecule has 0 aromatic carbocycles. The third-order valence-corrected chi connectivity index (χ3v) is 6.84. The molecule has 0 aromatic heterocycles. The molecular weight excluding hydrogens is 424 g/mol. The highest BCUT2D eigenvalue weighted by molar-refractivity contribution is 5.99. The molecule has 0 aliphatic heterocycles. The molecule has 0 radical (unpaired) electrons. The van der Waals surface area contributed by atoms with Crippen LogP contribution < -0.4 is 0 Å². The summed E-state index contributed by atoms with van der Waals surface area (Å²) in [7, 11) is 0. The first-order valence-corrected chi connectivity index (χ1v) is 13.3. The van der Waals surface area contributed by atoms with E-state index in [2.05, 4.69) is 39.8 Å². The van der Waals surface area contributed by atoms with E-state index in [1.807, 2.05) is 13.8 Å². The number of carbonyl (C=O) groups is 4. The van der Waals surface area contributed by atoms with Crippen molar-refractivity contribution in [1.82, 2.24) is 0 Å². The molecule has 192 valence electrons. The van der Waals surface area contributed by atoms with Crippen molar-refractivity contribution in [3.63, 3.8) is 0 Å². The summed E-state index contributed by atoms with van der Waals surface area (Å²) in [5.41, 5.74) is 1.95. The van der Waals surface area contributed by atoms with Crippen LogP contribution in [-0.4, -0.2) is 23.1 Å². The molecular formula is C30H48O4. The maximum Gasteiger partial charge on any atom is 0.143 e. The fourth-order valence-corrected chi connectivity index (χ4v) is 5.37. The predicted octanol–water partition coefficient (Wildman–Crippen LogP) is 7.39. The zero-order valence-electron chi connectivity index (χ0n) is 22.8. The molecule has 1 aliphatic rings. The Morgan fingerprint density at radius 2 is 1.82 bits per heavy atom. The average Bonchev–Trinajstić information content (AvgIpc) is 2.68. The van der Waals surface area contributed by atoms with Gasteiger partial charge in [0.2, 0.25) is 0 Å². The lowest BCUT2D eigenvalue weighted by molar-refractivity contribution is -0.130. The summed E-state index contributed by atoms with van der Waals surface area (Å²) in [6.45, 7) is 13.8. The fraction of sp³-hybridized carbons (Fsp3) is 0.733. The van der Waals surface area contributed by atoms with E-state index >= 15 is 0 Å². The second-order valence-electron chi connectivity index (χ2n) is 11.7. The van der Waals surface area contributed by atoms with Crippen LogP contribution in [0.15, 0.2) is 23.3 Å². The van der Waals surface area contributed by atoms with Crippen molar-refractivity contribution < 1.29 is 19.2 Å². The van der Waals surface area contributed by atoms with Gasteiger partial charge in [0, 0.05) is 31.6 Å². The lowest BCUT2D eigenvalue weighted by atomic mass is 9.75. The Morgan fingerprint density at radius 3 is 2.38 bits per heavy atom. The van der Waals surface area contributed by atoms with Crippen LogP contribution in [0.2, 0.25) is 0 Å². The zero-order chi connectivity index (χ0) is 25.9. The van der Waals surface area contributed by atoms with E-state index in [-0.39, 0.29) is 52.7 Å². The lowest BCUT2D eigenvalue weighted by Crippen LogP contribution is -2.27. The molecule has 34 heavy (non-hydrogen) atoms. The van der Waals surface area contributed by atoms with Gasteiger partial charge in [-0.25, -0.2) is 0 Å². The van der Waals surface area contributed by atoms with Crippen molar-refractivity contribution >= 4 is 23.1 Å². The molecule has 3 unspecified atom stereocenters. The molecule has 4 nitrogen and oxygen atoms in total. The van der Waals surface area contributed by atoms with Crippen LogP contribution in [0.25, 0.3) is 0 Å². The van der Waals surface area contributed by atoms with Gasteiger partial charge in [-0.1, -0.05) is 65.2 Å². The standard InChI is InChI=1S/C30H48O4/c1-8-12-25(28(9-2)29(34)16-22(4)31)17-23-13-10-11-14-24(21(3)15-26(32)18-23)19-27(33)20-30(5,6)7/h11,14,23,25,28H,8-10,12-13,15-20H2,1-7H3/b14-11-,24-21+. The minimum atomic E-state index is -0.105. The van der Waals surface area contributed by atoms with E-state index in [0.717, 1.165) is 49.7 Å². The molecule has 4 heteroatoms. The summed E-state index contributed by atoms with van der Waals surface area (Å²) >= 11 is 0. The number of hydrogen-bond acceptors (Lipinski definition) is 4. The van der Waals surface area contributed by atoms with E-state index in [1.54, 1.807) is 0 Å². The Balaban J connectivity index is 2.94. The summed E-state index contributed by atoms with van der Waals surface area (Å²) in [4.78, 5) is 49.8. The molecule has 0 saturated carbocycles. The Kier molecular flexibility index (Phi) is 12.9. The van der Waals surface area contributed by atoms with E-state index in [1.165, 1.54) is 6.92 Å². The minimum Gasteiger partial charge on any atom is -0.300 e. The predicted molar refractivity (Wildman–Crippen MR) is 140 cm³/mol. The van der Waals surface area contributed by atoms with Crippen LogP contribution >= 0.6 is 0 Å². The first-order chi connectivity index (χ1) is 15.9. The van der Waals surface area contributed by atoms with E-state index in [0.29, 0.717) is 25.7 Å². The summed E-state index contributed by atoms with van der Waals surface area (Å²) in [5, 5.41) is 0. The Hall–Kier alpha value is -1.84. The van der Waals surface area contributed by atoms with Gasteiger partial charge < -0.3 is 0 Å². The van der Waals surface area contributed by atoms with Crippen molar-refractivity contribution in [3.8, 4) is 0 Å². The molecule has 1 aliphatic carbocycles. The molecule has 1 rings (SSSR count). The SMILES string of the molecule is CCCC(CC1CC/C=C\C(CC(=O)CC(C)(C)C)=C(\C)CC(=O)C1)C(CC)C(=O)CC(C)=O. The van der Waals surface area contributed by atoms with Crippen LogP contribution in [0, 0.1) is 23.2 Å². The molecule has 0 bridgehead atoms. The van der Waals surface area contributed by atoms with E-state index in [4.69, 9.17) is 0 Å².